The van der Waals surface area contributed by atoms with Gasteiger partial charge in [-0.1, -0.05) is 115 Å². The molecule has 11 aromatic rings. The molecule has 0 atom stereocenters. The third kappa shape index (κ3) is 4.19. The molecule has 0 amide bonds. The molecule has 0 unspecified atom stereocenters. The predicted octanol–water partition coefficient (Wildman–Crippen LogP) is 13.1. The third-order valence-corrected chi connectivity index (χ3v) is 10.5. The Hall–Kier alpha value is -6.84. The van der Waals surface area contributed by atoms with E-state index in [1.165, 1.54) is 65.9 Å². The molecule has 8 aromatic carbocycles. The van der Waals surface area contributed by atoms with E-state index in [1.54, 1.807) is 0 Å². The van der Waals surface area contributed by atoms with E-state index in [0.717, 1.165) is 33.3 Å². The van der Waals surface area contributed by atoms with Crippen molar-refractivity contribution >= 4 is 65.6 Å². The maximum absolute atomic E-state index is 6.17. The molecule has 3 heteroatoms. The van der Waals surface area contributed by atoms with Gasteiger partial charge in [-0.25, -0.2) is 0 Å². The van der Waals surface area contributed by atoms with Crippen LogP contribution in [0.1, 0.15) is 0 Å². The fourth-order valence-corrected chi connectivity index (χ4v) is 8.23. The Morgan fingerprint density at radius 3 is 1.73 bits per heavy atom. The summed E-state index contributed by atoms with van der Waals surface area (Å²) in [6.07, 6.45) is 0. The first-order valence-electron chi connectivity index (χ1n) is 17.4. The molecule has 0 aliphatic carbocycles. The fraction of sp³-hybridized carbons (Fsp3) is 0. The molecule has 0 aliphatic heterocycles. The average Bonchev–Trinajstić information content (AvgIpc) is 3.85. The van der Waals surface area contributed by atoms with E-state index in [1.807, 2.05) is 12.1 Å². The predicted molar refractivity (Wildman–Crippen MR) is 213 cm³/mol. The molecule has 11 rings (SSSR count). The highest BCUT2D eigenvalue weighted by molar-refractivity contribution is 6.15. The highest BCUT2D eigenvalue weighted by Gasteiger charge is 2.19. The van der Waals surface area contributed by atoms with E-state index in [4.69, 9.17) is 4.42 Å². The number of nitrogens with zero attached hydrogens (tertiary/aromatic N) is 2. The molecule has 0 fully saturated rings. The fourth-order valence-electron chi connectivity index (χ4n) is 8.23. The summed E-state index contributed by atoms with van der Waals surface area (Å²) in [5, 5.41) is 7.23. The number of fused-ring (bicyclic) bond motifs is 9. The molecule has 0 saturated heterocycles. The molecule has 3 heterocycles. The zero-order valence-electron chi connectivity index (χ0n) is 27.6. The van der Waals surface area contributed by atoms with E-state index in [-0.39, 0.29) is 0 Å². The van der Waals surface area contributed by atoms with Crippen LogP contribution < -0.4 is 0 Å². The van der Waals surface area contributed by atoms with Crippen molar-refractivity contribution < 1.29 is 4.42 Å². The van der Waals surface area contributed by atoms with E-state index in [2.05, 4.69) is 179 Å². The summed E-state index contributed by atoms with van der Waals surface area (Å²) in [4.78, 5) is 0. The molecule has 3 nitrogen and oxygen atoms in total. The molecular weight excluding hydrogens is 621 g/mol. The van der Waals surface area contributed by atoms with Gasteiger partial charge in [-0.05, 0) is 83.4 Å². The van der Waals surface area contributed by atoms with E-state index in [9.17, 15) is 0 Å². The summed E-state index contributed by atoms with van der Waals surface area (Å²) in [6.45, 7) is 0. The van der Waals surface area contributed by atoms with Gasteiger partial charge < -0.3 is 13.6 Å². The van der Waals surface area contributed by atoms with E-state index in [0.29, 0.717) is 0 Å². The van der Waals surface area contributed by atoms with Gasteiger partial charge in [0, 0.05) is 49.3 Å². The van der Waals surface area contributed by atoms with Gasteiger partial charge >= 0.3 is 0 Å². The first kappa shape index (κ1) is 28.0. The van der Waals surface area contributed by atoms with Crippen molar-refractivity contribution in [2.45, 2.75) is 0 Å². The summed E-state index contributed by atoms with van der Waals surface area (Å²) < 4.78 is 11.0. The summed E-state index contributed by atoms with van der Waals surface area (Å²) in [7, 11) is 0. The SMILES string of the molecule is c1ccc(-c2cccc3c4cc(-c5ccc6c(c5)c5ccccc5n6-c5ccc6oc7ccccc7c6c5)ccc4n(-c4ccccc4)c23)cc1. The number of hydrogen-bond donors (Lipinski definition) is 0. The number of para-hydroxylation sites is 4. The van der Waals surface area contributed by atoms with Gasteiger partial charge in [0.25, 0.3) is 0 Å². The van der Waals surface area contributed by atoms with Gasteiger partial charge in [-0.15, -0.1) is 0 Å². The van der Waals surface area contributed by atoms with Crippen LogP contribution in [0.3, 0.4) is 0 Å². The molecule has 0 radical (unpaired) electrons. The largest absolute Gasteiger partial charge is 0.456 e. The van der Waals surface area contributed by atoms with Crippen LogP contribution in [0.15, 0.2) is 186 Å². The zero-order valence-corrected chi connectivity index (χ0v) is 27.6. The van der Waals surface area contributed by atoms with Crippen LogP contribution in [-0.4, -0.2) is 9.13 Å². The Bertz CT molecular complexity index is 3130. The van der Waals surface area contributed by atoms with Crippen LogP contribution in [0.25, 0.3) is 99.2 Å². The average molecular weight is 651 g/mol. The van der Waals surface area contributed by atoms with Crippen LogP contribution in [-0.2, 0) is 0 Å². The number of rotatable bonds is 4. The standard InChI is InChI=1S/C48H30N2O/c1-3-12-31(13-4-1)36-18-11-19-39-41-29-33(23-26-45(41)50(48(36)39)34-14-5-2-6-15-34)32-22-25-44-40(28-32)37-16-7-9-20-43(37)49(44)35-24-27-47-42(30-35)38-17-8-10-21-46(38)51-47/h1-30H. The lowest BCUT2D eigenvalue weighted by Crippen LogP contribution is -1.95. The van der Waals surface area contributed by atoms with Gasteiger partial charge in [-0.3, -0.25) is 0 Å². The molecule has 0 aliphatic rings. The second kappa shape index (κ2) is 10.8. The molecule has 3 aromatic heterocycles. The second-order valence-corrected chi connectivity index (χ2v) is 13.3. The monoisotopic (exact) mass is 650 g/mol. The van der Waals surface area contributed by atoms with Crippen molar-refractivity contribution in [2.75, 3.05) is 0 Å². The molecule has 0 bridgehead atoms. The smallest absolute Gasteiger partial charge is 0.135 e. The molecule has 0 N–H and O–H groups in total. The van der Waals surface area contributed by atoms with Gasteiger partial charge in [0.15, 0.2) is 0 Å². The zero-order chi connectivity index (χ0) is 33.5. The van der Waals surface area contributed by atoms with Crippen molar-refractivity contribution in [1.29, 1.82) is 0 Å². The highest BCUT2D eigenvalue weighted by atomic mass is 16.3. The Morgan fingerprint density at radius 1 is 0.314 bits per heavy atom. The van der Waals surface area contributed by atoms with Crippen molar-refractivity contribution in [2.24, 2.45) is 0 Å². The maximum Gasteiger partial charge on any atom is 0.135 e. The van der Waals surface area contributed by atoms with Crippen molar-refractivity contribution in [3.05, 3.63) is 182 Å². The van der Waals surface area contributed by atoms with E-state index >= 15 is 0 Å². The first-order valence-corrected chi connectivity index (χ1v) is 17.4. The number of aromatic nitrogens is 2. The van der Waals surface area contributed by atoms with Gasteiger partial charge in [-0.2, -0.15) is 0 Å². The Morgan fingerprint density at radius 2 is 0.922 bits per heavy atom. The Labute approximate surface area is 293 Å². The van der Waals surface area contributed by atoms with Gasteiger partial charge in [0.05, 0.1) is 22.1 Å². The van der Waals surface area contributed by atoms with Crippen molar-refractivity contribution in [3.63, 3.8) is 0 Å². The molecule has 0 spiro atoms. The minimum atomic E-state index is 0.905. The number of hydrogen-bond acceptors (Lipinski definition) is 1. The lowest BCUT2D eigenvalue weighted by atomic mass is 9.99. The van der Waals surface area contributed by atoms with Crippen molar-refractivity contribution in [1.82, 2.24) is 9.13 Å². The third-order valence-electron chi connectivity index (χ3n) is 10.5. The molecule has 238 valence electrons. The number of benzene rings is 8. The van der Waals surface area contributed by atoms with Crippen LogP contribution in [0, 0.1) is 0 Å². The Kier molecular flexibility index (Phi) is 5.96. The Balaban J connectivity index is 1.12. The van der Waals surface area contributed by atoms with Crippen LogP contribution in [0.5, 0.6) is 0 Å². The molecule has 0 saturated carbocycles. The van der Waals surface area contributed by atoms with E-state index < -0.39 is 0 Å². The first-order chi connectivity index (χ1) is 25.3. The normalized spacial score (nSPS) is 11.9. The lowest BCUT2D eigenvalue weighted by Gasteiger charge is -2.11. The number of furan rings is 1. The molecular formula is C48H30N2O. The summed E-state index contributed by atoms with van der Waals surface area (Å²) >= 11 is 0. The highest BCUT2D eigenvalue weighted by Crippen LogP contribution is 2.41. The topological polar surface area (TPSA) is 23.0 Å². The maximum atomic E-state index is 6.17. The lowest BCUT2D eigenvalue weighted by molar-refractivity contribution is 0.669. The minimum Gasteiger partial charge on any atom is -0.456 e. The summed E-state index contributed by atoms with van der Waals surface area (Å²) in [5.41, 5.74) is 13.7. The van der Waals surface area contributed by atoms with Crippen molar-refractivity contribution in [3.8, 4) is 33.6 Å². The molecule has 51 heavy (non-hydrogen) atoms. The summed E-state index contributed by atoms with van der Waals surface area (Å²) in [5.74, 6) is 0. The van der Waals surface area contributed by atoms with Crippen LogP contribution in [0.4, 0.5) is 0 Å². The second-order valence-electron chi connectivity index (χ2n) is 13.3. The van der Waals surface area contributed by atoms with Gasteiger partial charge in [0.1, 0.15) is 11.2 Å². The van der Waals surface area contributed by atoms with Crippen LogP contribution >= 0.6 is 0 Å². The van der Waals surface area contributed by atoms with Crippen LogP contribution in [0.2, 0.25) is 0 Å². The minimum absolute atomic E-state index is 0.905. The summed E-state index contributed by atoms with van der Waals surface area (Å²) in [6, 6.07) is 65.6. The quantitative estimate of drug-likeness (QED) is 0.186. The van der Waals surface area contributed by atoms with Gasteiger partial charge in [0.2, 0.25) is 0 Å².